The molecule has 0 spiro atoms. The van der Waals surface area contributed by atoms with Crippen LogP contribution < -0.4 is 10.1 Å². The second-order valence-corrected chi connectivity index (χ2v) is 4.62. The van der Waals surface area contributed by atoms with E-state index in [9.17, 15) is 23.7 Å². The average molecular weight is 322 g/mol. The first-order valence-electron chi connectivity index (χ1n) is 6.48. The summed E-state index contributed by atoms with van der Waals surface area (Å²) >= 11 is 0. The van der Waals surface area contributed by atoms with Crippen molar-refractivity contribution >= 4 is 17.3 Å². The van der Waals surface area contributed by atoms with Crippen LogP contribution in [0, 0.1) is 17.0 Å². The maximum atomic E-state index is 12.1. The van der Waals surface area contributed by atoms with Crippen molar-refractivity contribution in [3.8, 4) is 5.75 Å². The second-order valence-electron chi connectivity index (χ2n) is 4.62. The van der Waals surface area contributed by atoms with E-state index < -0.39 is 17.4 Å². The summed E-state index contributed by atoms with van der Waals surface area (Å²) in [5, 5.41) is 13.4. The van der Waals surface area contributed by atoms with Crippen molar-refractivity contribution in [2.24, 2.45) is 0 Å². The van der Waals surface area contributed by atoms with Crippen molar-refractivity contribution in [1.29, 1.82) is 0 Å². The molecule has 23 heavy (non-hydrogen) atoms. The van der Waals surface area contributed by atoms with Crippen LogP contribution in [0.1, 0.15) is 15.9 Å². The highest BCUT2D eigenvalue weighted by Crippen LogP contribution is 2.21. The number of benzene rings is 2. The van der Waals surface area contributed by atoms with Gasteiger partial charge in [0, 0.05) is 22.9 Å². The van der Waals surface area contributed by atoms with E-state index in [1.807, 2.05) is 0 Å². The van der Waals surface area contributed by atoms with Gasteiger partial charge in [0.1, 0.15) is 5.75 Å². The molecule has 0 saturated carbocycles. The Hall–Kier alpha value is -3.03. The van der Waals surface area contributed by atoms with Crippen LogP contribution in [0.3, 0.4) is 0 Å². The molecular weight excluding hydrogens is 310 g/mol. The molecule has 2 rings (SSSR count). The first-order valence-corrected chi connectivity index (χ1v) is 6.48. The number of nitro groups is 1. The van der Waals surface area contributed by atoms with E-state index in [-0.39, 0.29) is 17.0 Å². The summed E-state index contributed by atoms with van der Waals surface area (Å²) in [5.41, 5.74) is 0.758. The lowest BCUT2D eigenvalue weighted by atomic mass is 10.1. The van der Waals surface area contributed by atoms with Gasteiger partial charge >= 0.3 is 6.61 Å². The van der Waals surface area contributed by atoms with Gasteiger partial charge in [-0.05, 0) is 37.3 Å². The molecule has 0 heterocycles. The Kier molecular flexibility index (Phi) is 4.85. The van der Waals surface area contributed by atoms with Crippen LogP contribution >= 0.6 is 0 Å². The zero-order valence-corrected chi connectivity index (χ0v) is 12.0. The number of hydrogen-bond donors (Lipinski definition) is 1. The third-order valence-electron chi connectivity index (χ3n) is 3.01. The molecule has 0 fully saturated rings. The van der Waals surface area contributed by atoms with Crippen molar-refractivity contribution in [2.75, 3.05) is 5.32 Å². The van der Waals surface area contributed by atoms with Crippen LogP contribution in [-0.4, -0.2) is 17.4 Å². The van der Waals surface area contributed by atoms with Gasteiger partial charge in [0.25, 0.3) is 11.6 Å². The van der Waals surface area contributed by atoms with Crippen LogP contribution in [0.25, 0.3) is 0 Å². The molecule has 8 heteroatoms. The molecular formula is C15H12F2N2O4. The number of rotatable bonds is 5. The maximum Gasteiger partial charge on any atom is 0.387 e. The topological polar surface area (TPSA) is 81.5 Å². The summed E-state index contributed by atoms with van der Waals surface area (Å²) in [4.78, 5) is 22.4. The van der Waals surface area contributed by atoms with Crippen LogP contribution in [0.5, 0.6) is 5.75 Å². The maximum absolute atomic E-state index is 12.1. The smallest absolute Gasteiger partial charge is 0.387 e. The third-order valence-corrected chi connectivity index (χ3v) is 3.01. The molecule has 0 unspecified atom stereocenters. The number of hydrogen-bond acceptors (Lipinski definition) is 4. The van der Waals surface area contributed by atoms with Gasteiger partial charge in [0.15, 0.2) is 0 Å². The summed E-state index contributed by atoms with van der Waals surface area (Å²) < 4.78 is 28.3. The summed E-state index contributed by atoms with van der Waals surface area (Å²) in [5.74, 6) is -0.584. The monoisotopic (exact) mass is 322 g/mol. The highest BCUT2D eigenvalue weighted by Gasteiger charge is 2.15. The van der Waals surface area contributed by atoms with Crippen LogP contribution in [0.4, 0.5) is 20.2 Å². The van der Waals surface area contributed by atoms with Gasteiger partial charge in [-0.2, -0.15) is 8.78 Å². The highest BCUT2D eigenvalue weighted by atomic mass is 19.3. The Labute approximate surface area is 129 Å². The fourth-order valence-electron chi connectivity index (χ4n) is 1.87. The zero-order valence-electron chi connectivity index (χ0n) is 12.0. The Morgan fingerprint density at radius 1 is 1.22 bits per heavy atom. The van der Waals surface area contributed by atoms with Gasteiger partial charge in [0.2, 0.25) is 0 Å². The molecule has 1 amide bonds. The molecule has 0 saturated heterocycles. The van der Waals surface area contributed by atoms with Gasteiger partial charge in [-0.25, -0.2) is 0 Å². The van der Waals surface area contributed by atoms with Gasteiger partial charge in [0.05, 0.1) is 4.92 Å². The van der Waals surface area contributed by atoms with E-state index in [0.29, 0.717) is 11.3 Å². The first-order chi connectivity index (χ1) is 10.9. The number of carbonyl (C=O) groups excluding carboxylic acids is 1. The van der Waals surface area contributed by atoms with Crippen LogP contribution in [0.15, 0.2) is 42.5 Å². The highest BCUT2D eigenvalue weighted by molar-refractivity contribution is 6.04. The first kappa shape index (κ1) is 16.3. The summed E-state index contributed by atoms with van der Waals surface area (Å²) in [7, 11) is 0. The molecule has 1 N–H and O–H groups in total. The number of nitro benzene ring substituents is 1. The van der Waals surface area contributed by atoms with E-state index in [1.54, 1.807) is 6.92 Å². The largest absolute Gasteiger partial charge is 0.435 e. The summed E-state index contributed by atoms with van der Waals surface area (Å²) in [6, 6.07) is 9.45. The fourth-order valence-corrected chi connectivity index (χ4v) is 1.87. The lowest BCUT2D eigenvalue weighted by molar-refractivity contribution is -0.385. The van der Waals surface area contributed by atoms with Crippen LogP contribution in [-0.2, 0) is 0 Å². The summed E-state index contributed by atoms with van der Waals surface area (Å²) in [6.45, 7) is -1.36. The number of alkyl halides is 2. The summed E-state index contributed by atoms with van der Waals surface area (Å²) in [6.07, 6.45) is 0. The van der Waals surface area contributed by atoms with E-state index in [4.69, 9.17) is 0 Å². The van der Waals surface area contributed by atoms with E-state index in [2.05, 4.69) is 10.1 Å². The molecule has 0 radical (unpaired) electrons. The van der Waals surface area contributed by atoms with Crippen molar-refractivity contribution in [3.63, 3.8) is 0 Å². The number of ether oxygens (including phenoxy) is 1. The molecule has 0 aliphatic carbocycles. The quantitative estimate of drug-likeness (QED) is 0.671. The molecule has 0 aliphatic rings. The second kappa shape index (κ2) is 6.82. The number of aryl methyl sites for hydroxylation is 1. The normalized spacial score (nSPS) is 10.4. The van der Waals surface area contributed by atoms with Crippen molar-refractivity contribution in [2.45, 2.75) is 13.5 Å². The lowest BCUT2D eigenvalue weighted by Crippen LogP contribution is -2.12. The number of halogens is 2. The molecule has 0 aromatic heterocycles. The number of nitrogens with one attached hydrogen (secondary N) is 1. The van der Waals surface area contributed by atoms with Crippen molar-refractivity contribution in [3.05, 3.63) is 63.7 Å². The van der Waals surface area contributed by atoms with E-state index >= 15 is 0 Å². The Balaban J connectivity index is 2.13. The average Bonchev–Trinajstić information content (AvgIpc) is 2.48. The van der Waals surface area contributed by atoms with Crippen LogP contribution in [0.2, 0.25) is 0 Å². The predicted molar refractivity (Wildman–Crippen MR) is 78.9 cm³/mol. The van der Waals surface area contributed by atoms with Crippen molar-refractivity contribution in [1.82, 2.24) is 0 Å². The van der Waals surface area contributed by atoms with Crippen molar-refractivity contribution < 1.29 is 23.2 Å². The Morgan fingerprint density at radius 3 is 2.43 bits per heavy atom. The van der Waals surface area contributed by atoms with Gasteiger partial charge in [-0.15, -0.1) is 0 Å². The molecule has 0 bridgehead atoms. The molecule has 2 aromatic carbocycles. The number of carbonyl (C=O) groups is 1. The zero-order chi connectivity index (χ0) is 17.0. The van der Waals surface area contributed by atoms with Gasteiger partial charge in [-0.1, -0.05) is 6.07 Å². The minimum Gasteiger partial charge on any atom is -0.435 e. The molecule has 2 aromatic rings. The molecule has 120 valence electrons. The fraction of sp³-hybridized carbons (Fsp3) is 0.133. The minimum atomic E-state index is -2.93. The van der Waals surface area contributed by atoms with E-state index in [1.165, 1.54) is 42.5 Å². The van der Waals surface area contributed by atoms with Gasteiger partial charge < -0.3 is 10.1 Å². The van der Waals surface area contributed by atoms with Gasteiger partial charge in [-0.3, -0.25) is 14.9 Å². The SMILES string of the molecule is Cc1ccc(C(=O)Nc2ccc(OC(F)F)cc2)cc1[N+](=O)[O-]. The molecule has 6 nitrogen and oxygen atoms in total. The standard InChI is InChI=1S/C15H12F2N2O4/c1-9-2-3-10(8-13(9)19(21)22)14(20)18-11-4-6-12(7-5-11)23-15(16)17/h2-8,15H,1H3,(H,18,20). The molecule has 0 atom stereocenters. The number of nitrogens with zero attached hydrogens (tertiary/aromatic N) is 1. The molecule has 0 aliphatic heterocycles. The number of amides is 1. The Bertz CT molecular complexity index is 733. The predicted octanol–water partition coefficient (Wildman–Crippen LogP) is 3.76. The number of anilines is 1. The third kappa shape index (κ3) is 4.22. The Morgan fingerprint density at radius 2 is 1.87 bits per heavy atom. The minimum absolute atomic E-state index is 0.0380. The lowest BCUT2D eigenvalue weighted by Gasteiger charge is -2.08. The van der Waals surface area contributed by atoms with E-state index in [0.717, 1.165) is 0 Å².